The molecule has 0 bridgehead atoms. The molecular weight excluding hydrogens is 402 g/mol. The van der Waals surface area contributed by atoms with E-state index in [1.165, 1.54) is 22.4 Å². The maximum atomic E-state index is 5.39. The quantitative estimate of drug-likeness (QED) is 0.398. The topological polar surface area (TPSA) is 72.7 Å². The van der Waals surface area contributed by atoms with Crippen molar-refractivity contribution in [3.63, 3.8) is 0 Å². The highest BCUT2D eigenvalue weighted by atomic mass is 16.5. The number of hydrogen-bond acceptors (Lipinski definition) is 4. The normalized spacial score (nSPS) is 11.3. The predicted octanol–water partition coefficient (Wildman–Crippen LogP) is 3.47. The van der Waals surface area contributed by atoms with Crippen LogP contribution in [0.5, 0.6) is 11.5 Å². The fourth-order valence-electron chi connectivity index (χ4n) is 3.65. The fourth-order valence-corrected chi connectivity index (χ4v) is 3.65. The molecule has 0 saturated carbocycles. The summed E-state index contributed by atoms with van der Waals surface area (Å²) >= 11 is 0. The van der Waals surface area contributed by atoms with E-state index in [1.807, 2.05) is 24.3 Å². The van der Waals surface area contributed by atoms with E-state index in [-0.39, 0.29) is 0 Å². The van der Waals surface area contributed by atoms with Crippen LogP contribution in [-0.2, 0) is 19.5 Å². The van der Waals surface area contributed by atoms with Crippen LogP contribution in [0, 0.1) is 13.8 Å². The van der Waals surface area contributed by atoms with E-state index < -0.39 is 0 Å². The summed E-state index contributed by atoms with van der Waals surface area (Å²) in [5, 5.41) is 11.5. The van der Waals surface area contributed by atoms with E-state index >= 15 is 0 Å². The number of nitrogens with one attached hydrogen (secondary N) is 2. The van der Waals surface area contributed by atoms with Crippen LogP contribution in [0.15, 0.2) is 53.5 Å². The van der Waals surface area contributed by atoms with Crippen LogP contribution in [0.2, 0.25) is 0 Å². The molecule has 0 spiro atoms. The van der Waals surface area contributed by atoms with Crippen molar-refractivity contribution in [1.82, 2.24) is 20.4 Å². The van der Waals surface area contributed by atoms with Gasteiger partial charge in [-0.25, -0.2) is 0 Å². The van der Waals surface area contributed by atoms with Gasteiger partial charge in [0, 0.05) is 31.4 Å². The molecule has 170 valence electrons. The summed E-state index contributed by atoms with van der Waals surface area (Å²) in [5.74, 6) is 2.24. The molecule has 3 aromatic rings. The molecule has 0 aliphatic rings. The molecule has 2 N–H and O–H groups in total. The first-order valence-electron chi connectivity index (χ1n) is 10.8. The van der Waals surface area contributed by atoms with Crippen molar-refractivity contribution in [2.45, 2.75) is 33.4 Å². The number of rotatable bonds is 9. The Hall–Kier alpha value is -3.48. The van der Waals surface area contributed by atoms with Gasteiger partial charge in [-0.1, -0.05) is 36.4 Å². The van der Waals surface area contributed by atoms with E-state index in [0.29, 0.717) is 6.54 Å². The third-order valence-corrected chi connectivity index (χ3v) is 5.52. The minimum atomic E-state index is 0.669. The van der Waals surface area contributed by atoms with E-state index in [2.05, 4.69) is 58.4 Å². The molecule has 7 nitrogen and oxygen atoms in total. The lowest BCUT2D eigenvalue weighted by molar-refractivity contribution is 0.354. The van der Waals surface area contributed by atoms with Crippen LogP contribution < -0.4 is 20.1 Å². The van der Waals surface area contributed by atoms with Gasteiger partial charge in [0.1, 0.15) is 0 Å². The van der Waals surface area contributed by atoms with Gasteiger partial charge >= 0.3 is 0 Å². The SMILES string of the molecule is CN=C(NCCc1ccc(OC)c(OC)c1)NCc1c(C)nn(Cc2ccccc2)c1C. The zero-order valence-electron chi connectivity index (χ0n) is 19.6. The number of guanidine groups is 1. The zero-order chi connectivity index (χ0) is 22.9. The number of aliphatic imine (C=N–C) groups is 1. The average molecular weight is 436 g/mol. The van der Waals surface area contributed by atoms with Gasteiger partial charge in [-0.15, -0.1) is 0 Å². The molecule has 0 amide bonds. The van der Waals surface area contributed by atoms with Crippen LogP contribution in [-0.4, -0.2) is 43.6 Å². The van der Waals surface area contributed by atoms with E-state index in [1.54, 1.807) is 21.3 Å². The minimum Gasteiger partial charge on any atom is -0.493 e. The molecule has 0 unspecified atom stereocenters. The first-order chi connectivity index (χ1) is 15.5. The highest BCUT2D eigenvalue weighted by molar-refractivity contribution is 5.79. The van der Waals surface area contributed by atoms with Crippen molar-refractivity contribution < 1.29 is 9.47 Å². The van der Waals surface area contributed by atoms with E-state index in [9.17, 15) is 0 Å². The summed E-state index contributed by atoms with van der Waals surface area (Å²) < 4.78 is 12.8. The molecule has 2 aromatic carbocycles. The van der Waals surface area contributed by atoms with Crippen LogP contribution in [0.25, 0.3) is 0 Å². The lowest BCUT2D eigenvalue weighted by Crippen LogP contribution is -2.38. The Kier molecular flexibility index (Phi) is 8.14. The summed E-state index contributed by atoms with van der Waals surface area (Å²) in [6, 6.07) is 16.4. The molecule has 0 aliphatic heterocycles. The maximum Gasteiger partial charge on any atom is 0.191 e. The third kappa shape index (κ3) is 5.81. The molecule has 0 atom stereocenters. The van der Waals surface area contributed by atoms with Gasteiger partial charge in [0.15, 0.2) is 17.5 Å². The number of benzene rings is 2. The molecule has 1 aromatic heterocycles. The summed E-state index contributed by atoms with van der Waals surface area (Å²) in [5.41, 5.74) is 5.81. The minimum absolute atomic E-state index is 0.669. The Labute approximate surface area is 190 Å². The number of aryl methyl sites for hydroxylation is 1. The Bertz CT molecular complexity index is 1040. The smallest absolute Gasteiger partial charge is 0.191 e. The fraction of sp³-hybridized carbons (Fsp3) is 0.360. The molecule has 0 aliphatic carbocycles. The lowest BCUT2D eigenvalue weighted by Gasteiger charge is -2.13. The Morgan fingerprint density at radius 2 is 1.72 bits per heavy atom. The second kappa shape index (κ2) is 11.2. The second-order valence-electron chi connectivity index (χ2n) is 7.58. The number of aromatic nitrogens is 2. The Morgan fingerprint density at radius 3 is 2.41 bits per heavy atom. The Balaban J connectivity index is 1.54. The largest absolute Gasteiger partial charge is 0.493 e. The number of methoxy groups -OCH3 is 2. The summed E-state index contributed by atoms with van der Waals surface area (Å²) in [6.45, 7) is 6.36. The van der Waals surface area contributed by atoms with Crippen LogP contribution in [0.4, 0.5) is 0 Å². The molecule has 32 heavy (non-hydrogen) atoms. The van der Waals surface area contributed by atoms with E-state index in [0.717, 1.165) is 42.7 Å². The summed E-state index contributed by atoms with van der Waals surface area (Å²) in [6.07, 6.45) is 0.841. The highest BCUT2D eigenvalue weighted by Gasteiger charge is 2.12. The van der Waals surface area contributed by atoms with Gasteiger partial charge in [-0.2, -0.15) is 5.10 Å². The number of nitrogens with zero attached hydrogens (tertiary/aromatic N) is 3. The lowest BCUT2D eigenvalue weighted by atomic mass is 10.1. The van der Waals surface area contributed by atoms with E-state index in [4.69, 9.17) is 14.6 Å². The van der Waals surface area contributed by atoms with Gasteiger partial charge in [0.25, 0.3) is 0 Å². The first kappa shape index (κ1) is 23.2. The number of hydrogen-bond donors (Lipinski definition) is 2. The van der Waals surface area contributed by atoms with Crippen molar-refractivity contribution in [2.75, 3.05) is 27.8 Å². The van der Waals surface area contributed by atoms with Gasteiger partial charge in [0.05, 0.1) is 26.5 Å². The molecule has 0 radical (unpaired) electrons. The first-order valence-corrected chi connectivity index (χ1v) is 10.8. The van der Waals surface area contributed by atoms with Crippen LogP contribution in [0.1, 0.15) is 28.1 Å². The summed E-state index contributed by atoms with van der Waals surface area (Å²) in [7, 11) is 5.07. The van der Waals surface area contributed by atoms with Crippen molar-refractivity contribution >= 4 is 5.96 Å². The highest BCUT2D eigenvalue weighted by Crippen LogP contribution is 2.27. The Morgan fingerprint density at radius 1 is 0.969 bits per heavy atom. The van der Waals surface area contributed by atoms with Gasteiger partial charge in [0.2, 0.25) is 0 Å². The van der Waals surface area contributed by atoms with Gasteiger partial charge in [-0.3, -0.25) is 9.67 Å². The van der Waals surface area contributed by atoms with Crippen molar-refractivity contribution in [3.8, 4) is 11.5 Å². The summed E-state index contributed by atoms with van der Waals surface area (Å²) in [4.78, 5) is 4.35. The van der Waals surface area contributed by atoms with Gasteiger partial charge < -0.3 is 20.1 Å². The molecule has 3 rings (SSSR count). The van der Waals surface area contributed by atoms with Crippen molar-refractivity contribution in [3.05, 3.63) is 76.6 Å². The van der Waals surface area contributed by atoms with Crippen LogP contribution in [0.3, 0.4) is 0 Å². The van der Waals surface area contributed by atoms with Crippen molar-refractivity contribution in [1.29, 1.82) is 0 Å². The van der Waals surface area contributed by atoms with Crippen LogP contribution >= 0.6 is 0 Å². The average Bonchev–Trinajstić information content (AvgIpc) is 3.08. The third-order valence-electron chi connectivity index (χ3n) is 5.52. The van der Waals surface area contributed by atoms with Crippen molar-refractivity contribution in [2.24, 2.45) is 4.99 Å². The maximum absolute atomic E-state index is 5.39. The molecule has 0 saturated heterocycles. The molecule has 0 fully saturated rings. The predicted molar refractivity (Wildman–Crippen MR) is 129 cm³/mol. The monoisotopic (exact) mass is 435 g/mol. The molecular formula is C25H33N5O2. The second-order valence-corrected chi connectivity index (χ2v) is 7.58. The standard InChI is InChI=1S/C25H33N5O2/c1-18-22(19(2)30(29-18)17-21-9-7-6-8-10-21)16-28-25(26-3)27-14-13-20-11-12-23(31-4)24(15-20)32-5/h6-12,15H,13-14,16-17H2,1-5H3,(H2,26,27,28). The number of ether oxygens (including phenoxy) is 2. The molecule has 1 heterocycles. The zero-order valence-corrected chi connectivity index (χ0v) is 19.6. The van der Waals surface area contributed by atoms with Gasteiger partial charge in [-0.05, 0) is 43.5 Å². The molecule has 7 heteroatoms.